The average molecular weight is 434 g/mol. The van der Waals surface area contributed by atoms with Gasteiger partial charge in [0.2, 0.25) is 11.8 Å². The molecule has 6 nitrogen and oxygen atoms in total. The molecule has 3 aromatic carbocycles. The summed E-state index contributed by atoms with van der Waals surface area (Å²) in [6.45, 7) is -0.107. The molecule has 1 heterocycles. The van der Waals surface area contributed by atoms with Crippen LogP contribution in [0.25, 0.3) is 21.8 Å². The number of rotatable bonds is 5. The van der Waals surface area contributed by atoms with Gasteiger partial charge in [-0.25, -0.2) is 0 Å². The van der Waals surface area contributed by atoms with Crippen LogP contribution in [0.15, 0.2) is 77.6 Å². The van der Waals surface area contributed by atoms with Crippen LogP contribution in [0.2, 0.25) is 5.02 Å². The Hall–Kier alpha value is -3.64. The number of nitrogens with one attached hydrogen (secondary N) is 1. The number of fused-ring (bicyclic) bond motifs is 2. The van der Waals surface area contributed by atoms with Crippen LogP contribution in [-0.2, 0) is 16.1 Å². The van der Waals surface area contributed by atoms with Crippen molar-refractivity contribution in [3.63, 3.8) is 0 Å². The maximum atomic E-state index is 13.0. The maximum absolute atomic E-state index is 13.0. The first-order valence-electron chi connectivity index (χ1n) is 9.74. The number of amides is 2. The summed E-state index contributed by atoms with van der Waals surface area (Å²) in [6, 6.07) is 21.2. The fraction of sp³-hybridized carbons (Fsp3) is 0.125. The third-order valence-electron chi connectivity index (χ3n) is 5.09. The van der Waals surface area contributed by atoms with Crippen LogP contribution in [0.4, 0.5) is 5.69 Å². The van der Waals surface area contributed by atoms with Gasteiger partial charge in [0.25, 0.3) is 0 Å². The van der Waals surface area contributed by atoms with Crippen molar-refractivity contribution in [2.45, 2.75) is 6.54 Å². The van der Waals surface area contributed by atoms with Crippen LogP contribution in [0, 0.1) is 0 Å². The Morgan fingerprint density at radius 2 is 1.55 bits per heavy atom. The van der Waals surface area contributed by atoms with Crippen molar-refractivity contribution in [1.29, 1.82) is 0 Å². The molecule has 0 aliphatic carbocycles. The second kappa shape index (κ2) is 8.62. The summed E-state index contributed by atoms with van der Waals surface area (Å²) in [7, 11) is 1.58. The van der Waals surface area contributed by atoms with Crippen LogP contribution >= 0.6 is 11.6 Å². The van der Waals surface area contributed by atoms with Crippen LogP contribution in [0.5, 0.6) is 0 Å². The molecule has 0 spiro atoms. The number of benzene rings is 3. The summed E-state index contributed by atoms with van der Waals surface area (Å²) in [6.07, 6.45) is 0. The molecule has 0 aliphatic heterocycles. The lowest BCUT2D eigenvalue weighted by Gasteiger charge is -2.20. The van der Waals surface area contributed by atoms with E-state index in [4.69, 9.17) is 11.6 Å². The minimum atomic E-state index is -0.326. The topological polar surface area (TPSA) is 71.4 Å². The van der Waals surface area contributed by atoms with E-state index in [0.29, 0.717) is 32.5 Å². The highest BCUT2D eigenvalue weighted by molar-refractivity contribution is 6.30. The standard InChI is InChI=1S/C24H20ClN3O3/c1-27(14-22(29)26-17-8-6-7-16(25)13-17)23(30)15-28-20-11-4-2-9-18(20)24(31)19-10-3-5-12-21(19)28/h2-13H,14-15H2,1H3,(H,26,29). The van der Waals surface area contributed by atoms with Crippen molar-refractivity contribution in [1.82, 2.24) is 9.47 Å². The summed E-state index contributed by atoms with van der Waals surface area (Å²) in [5.74, 6) is -0.576. The van der Waals surface area contributed by atoms with E-state index in [-0.39, 0.29) is 30.3 Å². The number of hydrogen-bond donors (Lipinski definition) is 1. The minimum Gasteiger partial charge on any atom is -0.335 e. The van der Waals surface area contributed by atoms with Gasteiger partial charge in [0.1, 0.15) is 6.54 Å². The van der Waals surface area contributed by atoms with Crippen molar-refractivity contribution in [2.24, 2.45) is 0 Å². The van der Waals surface area contributed by atoms with Crippen molar-refractivity contribution in [3.8, 4) is 0 Å². The Balaban J connectivity index is 1.58. The Kier molecular flexibility index (Phi) is 5.73. The highest BCUT2D eigenvalue weighted by atomic mass is 35.5. The zero-order valence-corrected chi connectivity index (χ0v) is 17.6. The molecule has 31 heavy (non-hydrogen) atoms. The van der Waals surface area contributed by atoms with Gasteiger partial charge >= 0.3 is 0 Å². The Morgan fingerprint density at radius 1 is 0.935 bits per heavy atom. The van der Waals surface area contributed by atoms with Gasteiger partial charge in [-0.2, -0.15) is 0 Å². The maximum Gasteiger partial charge on any atom is 0.243 e. The molecular formula is C24H20ClN3O3. The second-order valence-corrected chi connectivity index (χ2v) is 7.69. The predicted octanol–water partition coefficient (Wildman–Crippen LogP) is 3.91. The van der Waals surface area contributed by atoms with Crippen LogP contribution in [0.3, 0.4) is 0 Å². The lowest BCUT2D eigenvalue weighted by molar-refractivity contribution is -0.133. The lowest BCUT2D eigenvalue weighted by Crippen LogP contribution is -2.37. The summed E-state index contributed by atoms with van der Waals surface area (Å²) < 4.78 is 1.82. The molecule has 4 rings (SSSR count). The van der Waals surface area contributed by atoms with Crippen LogP contribution in [0.1, 0.15) is 0 Å². The highest BCUT2D eigenvalue weighted by Gasteiger charge is 2.17. The van der Waals surface area contributed by atoms with Gasteiger partial charge in [0.15, 0.2) is 5.43 Å². The molecule has 4 aromatic rings. The molecule has 7 heteroatoms. The number of hydrogen-bond acceptors (Lipinski definition) is 3. The number of halogens is 1. The summed E-state index contributed by atoms with van der Waals surface area (Å²) in [4.78, 5) is 39.5. The summed E-state index contributed by atoms with van der Waals surface area (Å²) >= 11 is 5.94. The van der Waals surface area contributed by atoms with Crippen LogP contribution in [-0.4, -0.2) is 34.9 Å². The third-order valence-corrected chi connectivity index (χ3v) is 5.32. The van der Waals surface area contributed by atoms with E-state index in [9.17, 15) is 14.4 Å². The van der Waals surface area contributed by atoms with Gasteiger partial charge in [-0.3, -0.25) is 14.4 Å². The van der Waals surface area contributed by atoms with E-state index in [1.165, 1.54) is 4.90 Å². The van der Waals surface area contributed by atoms with Gasteiger partial charge in [-0.15, -0.1) is 0 Å². The Morgan fingerprint density at radius 3 is 2.16 bits per heavy atom. The zero-order valence-electron chi connectivity index (χ0n) is 16.8. The molecule has 0 unspecified atom stereocenters. The normalized spacial score (nSPS) is 10.9. The number of para-hydroxylation sites is 2. The lowest BCUT2D eigenvalue weighted by atomic mass is 10.1. The molecule has 0 saturated heterocycles. The number of likely N-dealkylation sites (N-methyl/N-ethyl adjacent to an activating group) is 1. The minimum absolute atomic E-state index is 0.00223. The SMILES string of the molecule is CN(CC(=O)Nc1cccc(Cl)c1)C(=O)Cn1c2ccccc2c(=O)c2ccccc21. The molecule has 2 amide bonds. The summed E-state index contributed by atoms with van der Waals surface area (Å²) in [5.41, 5.74) is 1.85. The van der Waals surface area contributed by atoms with Crippen molar-refractivity contribution < 1.29 is 9.59 Å². The Bertz CT molecular complexity index is 1300. The van der Waals surface area contributed by atoms with E-state index in [2.05, 4.69) is 5.32 Å². The number of carbonyl (C=O) groups is 2. The molecule has 0 aliphatic rings. The molecule has 0 atom stereocenters. The number of anilines is 1. The largest absolute Gasteiger partial charge is 0.335 e. The van der Waals surface area contributed by atoms with Gasteiger partial charge < -0.3 is 14.8 Å². The fourth-order valence-corrected chi connectivity index (χ4v) is 3.76. The van der Waals surface area contributed by atoms with Crippen molar-refractivity contribution in [2.75, 3.05) is 18.9 Å². The first-order chi connectivity index (χ1) is 14.9. The van der Waals surface area contributed by atoms with E-state index < -0.39 is 0 Å². The first kappa shape index (κ1) is 20.6. The average Bonchev–Trinajstić information content (AvgIpc) is 2.76. The second-order valence-electron chi connectivity index (χ2n) is 7.26. The molecule has 1 aromatic heterocycles. The molecule has 1 N–H and O–H groups in total. The van der Waals surface area contributed by atoms with Gasteiger partial charge in [0, 0.05) is 28.5 Å². The number of nitrogens with zero attached hydrogens (tertiary/aromatic N) is 2. The molecule has 0 saturated carbocycles. The third kappa shape index (κ3) is 4.29. The van der Waals surface area contributed by atoms with E-state index in [1.54, 1.807) is 55.6 Å². The van der Waals surface area contributed by atoms with E-state index in [0.717, 1.165) is 0 Å². The van der Waals surface area contributed by atoms with E-state index >= 15 is 0 Å². The quantitative estimate of drug-likeness (QED) is 0.485. The summed E-state index contributed by atoms with van der Waals surface area (Å²) in [5, 5.41) is 4.35. The van der Waals surface area contributed by atoms with Gasteiger partial charge in [-0.1, -0.05) is 41.9 Å². The smallest absolute Gasteiger partial charge is 0.243 e. The van der Waals surface area contributed by atoms with Crippen LogP contribution < -0.4 is 10.7 Å². The molecule has 0 fully saturated rings. The van der Waals surface area contributed by atoms with Gasteiger partial charge in [0.05, 0.1) is 17.6 Å². The highest BCUT2D eigenvalue weighted by Crippen LogP contribution is 2.19. The van der Waals surface area contributed by atoms with E-state index in [1.807, 2.05) is 28.8 Å². The van der Waals surface area contributed by atoms with Crippen molar-refractivity contribution >= 4 is 50.9 Å². The molecule has 0 radical (unpaired) electrons. The first-order valence-corrected chi connectivity index (χ1v) is 10.1. The predicted molar refractivity (Wildman–Crippen MR) is 123 cm³/mol. The number of pyridine rings is 1. The monoisotopic (exact) mass is 433 g/mol. The number of aromatic nitrogens is 1. The fourth-order valence-electron chi connectivity index (χ4n) is 3.57. The molecule has 0 bridgehead atoms. The number of carbonyl (C=O) groups excluding carboxylic acids is 2. The zero-order chi connectivity index (χ0) is 22.0. The van der Waals surface area contributed by atoms with Crippen molar-refractivity contribution in [3.05, 3.63) is 88.0 Å². The van der Waals surface area contributed by atoms with Gasteiger partial charge in [-0.05, 0) is 42.5 Å². The molecule has 156 valence electrons. The Labute approximate surface area is 183 Å². The molecular weight excluding hydrogens is 414 g/mol.